The topological polar surface area (TPSA) is 39.2 Å². The summed E-state index contributed by atoms with van der Waals surface area (Å²) in [6.07, 6.45) is 1.34. The van der Waals surface area contributed by atoms with Crippen molar-refractivity contribution in [1.29, 1.82) is 0 Å². The molecule has 2 aromatic carbocycles. The van der Waals surface area contributed by atoms with Crippen LogP contribution in [0, 0.1) is 6.92 Å². The first-order valence-corrected chi connectivity index (χ1v) is 7.27. The van der Waals surface area contributed by atoms with Gasteiger partial charge in [-0.3, -0.25) is 4.98 Å². The number of nitrogens with zero attached hydrogens (tertiary/aromatic N) is 1. The molecule has 0 fully saturated rings. The highest BCUT2D eigenvalue weighted by Gasteiger charge is 2.04. The molecule has 3 nitrogen and oxygen atoms in total. The first-order valence-electron chi connectivity index (χ1n) is 7.27. The number of carbonyl (C=O) groups is 1. The zero-order valence-electron chi connectivity index (χ0n) is 12.5. The van der Waals surface area contributed by atoms with E-state index in [1.807, 2.05) is 49.4 Å². The van der Waals surface area contributed by atoms with Crippen LogP contribution < -0.4 is 4.74 Å². The maximum atomic E-state index is 10.5. The minimum Gasteiger partial charge on any atom is -0.489 e. The van der Waals surface area contributed by atoms with E-state index in [1.165, 1.54) is 0 Å². The fourth-order valence-corrected chi connectivity index (χ4v) is 2.49. The monoisotopic (exact) mass is 291 g/mol. The van der Waals surface area contributed by atoms with E-state index < -0.39 is 0 Å². The number of hydrogen-bond donors (Lipinski definition) is 0. The van der Waals surface area contributed by atoms with Crippen LogP contribution in [0.4, 0.5) is 0 Å². The van der Waals surface area contributed by atoms with Gasteiger partial charge in [-0.2, -0.15) is 0 Å². The van der Waals surface area contributed by atoms with Crippen LogP contribution in [-0.4, -0.2) is 11.3 Å². The highest BCUT2D eigenvalue weighted by atomic mass is 16.5. The second-order valence-corrected chi connectivity index (χ2v) is 5.24. The molecule has 0 radical (unpaired) electrons. The van der Waals surface area contributed by atoms with Gasteiger partial charge in [-0.15, -0.1) is 0 Å². The molecule has 3 aromatic rings. The Morgan fingerprint density at radius 3 is 2.64 bits per heavy atom. The summed E-state index contributed by atoms with van der Waals surface area (Å²) in [5.41, 5.74) is 4.09. The fraction of sp³-hybridized carbons (Fsp3) is 0.158. The van der Waals surface area contributed by atoms with Gasteiger partial charge in [0.25, 0.3) is 0 Å². The molecule has 0 saturated heterocycles. The van der Waals surface area contributed by atoms with Crippen molar-refractivity contribution in [2.24, 2.45) is 0 Å². The van der Waals surface area contributed by atoms with E-state index in [2.05, 4.69) is 17.1 Å². The van der Waals surface area contributed by atoms with Crippen LogP contribution in [0.5, 0.6) is 5.75 Å². The highest BCUT2D eigenvalue weighted by molar-refractivity contribution is 5.82. The number of aromatic nitrogens is 1. The molecule has 0 amide bonds. The largest absolute Gasteiger partial charge is 0.489 e. The summed E-state index contributed by atoms with van der Waals surface area (Å²) in [7, 11) is 0. The summed E-state index contributed by atoms with van der Waals surface area (Å²) >= 11 is 0. The number of hydrogen-bond acceptors (Lipinski definition) is 3. The zero-order valence-corrected chi connectivity index (χ0v) is 12.5. The normalized spacial score (nSPS) is 10.6. The maximum absolute atomic E-state index is 10.5. The van der Waals surface area contributed by atoms with Gasteiger partial charge in [0.05, 0.1) is 5.52 Å². The van der Waals surface area contributed by atoms with Gasteiger partial charge in [0.1, 0.15) is 18.6 Å². The number of pyridine rings is 1. The van der Waals surface area contributed by atoms with E-state index in [4.69, 9.17) is 4.74 Å². The molecule has 0 aliphatic heterocycles. The number of ether oxygens (including phenoxy) is 1. The average molecular weight is 291 g/mol. The molecule has 1 heterocycles. The molecular weight excluding hydrogens is 274 g/mol. The smallest absolute Gasteiger partial charge is 0.124 e. The molecule has 0 aliphatic carbocycles. The van der Waals surface area contributed by atoms with E-state index in [0.717, 1.165) is 39.8 Å². The average Bonchev–Trinajstić information content (AvgIpc) is 2.54. The third-order valence-corrected chi connectivity index (χ3v) is 3.57. The standard InChI is InChI=1S/C19H17NO2/c1-14-12-16(18-4-2-3-5-19(18)20-14)13-22-17-8-6-15(7-9-17)10-11-21/h2-9,11-12H,10,13H2,1H3. The van der Waals surface area contributed by atoms with Crippen molar-refractivity contribution in [1.82, 2.24) is 4.98 Å². The number of benzene rings is 2. The molecular formula is C19H17NO2. The van der Waals surface area contributed by atoms with Gasteiger partial charge in [-0.25, -0.2) is 0 Å². The number of fused-ring (bicyclic) bond motifs is 1. The maximum Gasteiger partial charge on any atom is 0.124 e. The summed E-state index contributed by atoms with van der Waals surface area (Å²) in [6, 6.07) is 17.8. The summed E-state index contributed by atoms with van der Waals surface area (Å²) in [4.78, 5) is 15.0. The van der Waals surface area contributed by atoms with Crippen molar-refractivity contribution in [2.75, 3.05) is 0 Å². The predicted octanol–water partition coefficient (Wildman–Crippen LogP) is 3.86. The quantitative estimate of drug-likeness (QED) is 0.670. The third-order valence-electron chi connectivity index (χ3n) is 3.57. The van der Waals surface area contributed by atoms with Gasteiger partial charge in [0, 0.05) is 23.1 Å². The molecule has 1 aromatic heterocycles. The lowest BCUT2D eigenvalue weighted by Gasteiger charge is -2.10. The van der Waals surface area contributed by atoms with Gasteiger partial charge in [-0.05, 0) is 36.8 Å². The van der Waals surface area contributed by atoms with Crippen LogP contribution in [0.15, 0.2) is 54.6 Å². The molecule has 110 valence electrons. The second-order valence-electron chi connectivity index (χ2n) is 5.24. The predicted molar refractivity (Wildman–Crippen MR) is 87.0 cm³/mol. The zero-order chi connectivity index (χ0) is 15.4. The molecule has 0 saturated carbocycles. The van der Waals surface area contributed by atoms with Crippen molar-refractivity contribution < 1.29 is 9.53 Å². The second kappa shape index (κ2) is 6.39. The molecule has 0 aliphatic rings. The Morgan fingerprint density at radius 2 is 1.86 bits per heavy atom. The summed E-state index contributed by atoms with van der Waals surface area (Å²) in [5, 5.41) is 1.12. The lowest BCUT2D eigenvalue weighted by molar-refractivity contribution is -0.107. The van der Waals surface area contributed by atoms with Gasteiger partial charge in [0.2, 0.25) is 0 Å². The van der Waals surface area contributed by atoms with Crippen molar-refractivity contribution >= 4 is 17.2 Å². The molecule has 22 heavy (non-hydrogen) atoms. The summed E-state index contributed by atoms with van der Waals surface area (Å²) in [5.74, 6) is 0.799. The molecule has 0 atom stereocenters. The minimum absolute atomic E-state index is 0.439. The Balaban J connectivity index is 1.80. The van der Waals surface area contributed by atoms with E-state index in [-0.39, 0.29) is 0 Å². The van der Waals surface area contributed by atoms with Crippen molar-refractivity contribution in [3.05, 3.63) is 71.4 Å². The Bertz CT molecular complexity index is 794. The van der Waals surface area contributed by atoms with Crippen molar-refractivity contribution in [3.8, 4) is 5.75 Å². The molecule has 0 bridgehead atoms. The van der Waals surface area contributed by atoms with Gasteiger partial charge in [-0.1, -0.05) is 30.3 Å². The highest BCUT2D eigenvalue weighted by Crippen LogP contribution is 2.21. The third kappa shape index (κ3) is 3.14. The Kier molecular flexibility index (Phi) is 4.15. The number of aryl methyl sites for hydroxylation is 1. The molecule has 3 rings (SSSR count). The Hall–Kier alpha value is -2.68. The first kappa shape index (κ1) is 14.3. The molecule has 0 spiro atoms. The van der Waals surface area contributed by atoms with E-state index in [1.54, 1.807) is 0 Å². The number of rotatable bonds is 5. The number of aldehydes is 1. The van der Waals surface area contributed by atoms with Crippen molar-refractivity contribution in [2.45, 2.75) is 20.0 Å². The minimum atomic E-state index is 0.439. The summed E-state index contributed by atoms with van der Waals surface area (Å²) < 4.78 is 5.87. The molecule has 3 heteroatoms. The molecule has 0 unspecified atom stereocenters. The van der Waals surface area contributed by atoms with E-state index in [0.29, 0.717) is 13.0 Å². The lowest BCUT2D eigenvalue weighted by Crippen LogP contribution is -1.99. The summed E-state index contributed by atoms with van der Waals surface area (Å²) in [6.45, 7) is 2.49. The fourth-order valence-electron chi connectivity index (χ4n) is 2.49. The Morgan fingerprint density at radius 1 is 1.09 bits per heavy atom. The van der Waals surface area contributed by atoms with Crippen LogP contribution >= 0.6 is 0 Å². The van der Waals surface area contributed by atoms with Crippen LogP contribution in [-0.2, 0) is 17.8 Å². The number of para-hydroxylation sites is 1. The van der Waals surface area contributed by atoms with E-state index >= 15 is 0 Å². The number of carbonyl (C=O) groups excluding carboxylic acids is 1. The van der Waals surface area contributed by atoms with Crippen LogP contribution in [0.3, 0.4) is 0 Å². The van der Waals surface area contributed by atoms with Crippen LogP contribution in [0.1, 0.15) is 16.8 Å². The lowest BCUT2D eigenvalue weighted by atomic mass is 10.1. The van der Waals surface area contributed by atoms with Crippen LogP contribution in [0.2, 0.25) is 0 Å². The van der Waals surface area contributed by atoms with Crippen LogP contribution in [0.25, 0.3) is 10.9 Å². The van der Waals surface area contributed by atoms with Crippen molar-refractivity contribution in [3.63, 3.8) is 0 Å². The van der Waals surface area contributed by atoms with Gasteiger partial charge < -0.3 is 9.53 Å². The van der Waals surface area contributed by atoms with Gasteiger partial charge in [0.15, 0.2) is 0 Å². The first-order chi connectivity index (χ1) is 10.8. The Labute approximate surface area is 129 Å². The van der Waals surface area contributed by atoms with Gasteiger partial charge >= 0.3 is 0 Å². The van der Waals surface area contributed by atoms with E-state index in [9.17, 15) is 4.79 Å². The molecule has 0 N–H and O–H groups in total. The SMILES string of the molecule is Cc1cc(COc2ccc(CC=O)cc2)c2ccccc2n1.